The molecule has 2 unspecified atom stereocenters. The molecule has 0 radical (unpaired) electrons. The Balaban J connectivity index is 2.36. The summed E-state index contributed by atoms with van der Waals surface area (Å²) < 4.78 is 15.8. The largest absolute Gasteiger partial charge is 0.493 e. The van der Waals surface area contributed by atoms with Gasteiger partial charge in [0, 0.05) is 12.6 Å². The Kier molecular flexibility index (Phi) is 4.53. The van der Waals surface area contributed by atoms with E-state index in [1.165, 1.54) is 27.5 Å². The van der Waals surface area contributed by atoms with E-state index in [2.05, 4.69) is 9.98 Å². The van der Waals surface area contributed by atoms with Crippen molar-refractivity contribution in [1.82, 2.24) is 0 Å². The van der Waals surface area contributed by atoms with Crippen LogP contribution in [-0.2, 0) is 6.42 Å². The highest BCUT2D eigenvalue weighted by Crippen LogP contribution is 2.39. The summed E-state index contributed by atoms with van der Waals surface area (Å²) in [6.45, 7) is 0. The third kappa shape index (κ3) is 2.97. The Bertz CT molecular complexity index is 592. The number of ether oxygens (including phenoxy) is 3. The monoisotopic (exact) mass is 308 g/mol. The summed E-state index contributed by atoms with van der Waals surface area (Å²) in [5.74, 6) is 1.50. The van der Waals surface area contributed by atoms with E-state index in [1.54, 1.807) is 12.1 Å². The van der Waals surface area contributed by atoms with E-state index in [0.717, 1.165) is 5.56 Å². The fourth-order valence-corrected chi connectivity index (χ4v) is 2.26. The number of benzene rings is 1. The second-order valence-corrected chi connectivity index (χ2v) is 4.89. The van der Waals surface area contributed by atoms with E-state index in [9.17, 15) is 5.11 Å². The molecule has 0 aliphatic carbocycles. The number of nitrogens with zero attached hydrogens (tertiary/aromatic N) is 2. The summed E-state index contributed by atoms with van der Waals surface area (Å²) in [7, 11) is 4.57. The van der Waals surface area contributed by atoms with Gasteiger partial charge in [0.2, 0.25) is 11.7 Å². The lowest BCUT2D eigenvalue weighted by molar-refractivity contribution is 0.0895. The topological polar surface area (TPSA) is 125 Å². The van der Waals surface area contributed by atoms with Gasteiger partial charge in [0.25, 0.3) is 0 Å². The van der Waals surface area contributed by atoms with E-state index in [4.69, 9.17) is 25.7 Å². The first-order valence-electron chi connectivity index (χ1n) is 6.59. The molecule has 0 saturated heterocycles. The molecule has 1 aromatic rings. The maximum atomic E-state index is 10.6. The molecule has 0 saturated carbocycles. The van der Waals surface area contributed by atoms with E-state index in [1.807, 2.05) is 0 Å². The van der Waals surface area contributed by atoms with Crippen LogP contribution in [0.3, 0.4) is 0 Å². The SMILES string of the molecule is COc1cc(CC2(O)C=NC(N)=NC2N)cc(OC)c1OC. The van der Waals surface area contributed by atoms with Crippen molar-refractivity contribution in [3.05, 3.63) is 17.7 Å². The minimum atomic E-state index is -1.44. The molecule has 0 fully saturated rings. The van der Waals surface area contributed by atoms with Gasteiger partial charge in [-0.15, -0.1) is 0 Å². The summed E-state index contributed by atoms with van der Waals surface area (Å²) in [5.41, 5.74) is 10.6. The van der Waals surface area contributed by atoms with Crippen molar-refractivity contribution in [2.75, 3.05) is 21.3 Å². The number of hydrogen-bond donors (Lipinski definition) is 3. The average Bonchev–Trinajstić information content (AvgIpc) is 2.50. The first-order valence-corrected chi connectivity index (χ1v) is 6.59. The van der Waals surface area contributed by atoms with E-state index >= 15 is 0 Å². The van der Waals surface area contributed by atoms with Crippen LogP contribution in [0.4, 0.5) is 0 Å². The van der Waals surface area contributed by atoms with Crippen molar-refractivity contribution in [2.45, 2.75) is 18.2 Å². The molecule has 2 atom stereocenters. The van der Waals surface area contributed by atoms with Crippen LogP contribution in [0.15, 0.2) is 22.1 Å². The zero-order valence-corrected chi connectivity index (χ0v) is 12.7. The Morgan fingerprint density at radius 1 is 1.18 bits per heavy atom. The van der Waals surface area contributed by atoms with Crippen LogP contribution < -0.4 is 25.7 Å². The molecule has 0 amide bonds. The Morgan fingerprint density at radius 2 is 1.77 bits per heavy atom. The molecule has 0 spiro atoms. The van der Waals surface area contributed by atoms with Crippen molar-refractivity contribution in [3.63, 3.8) is 0 Å². The Hall–Kier alpha value is -2.32. The molecule has 2 rings (SSSR count). The second kappa shape index (κ2) is 6.20. The first kappa shape index (κ1) is 16.1. The molecule has 5 N–H and O–H groups in total. The summed E-state index contributed by atoms with van der Waals surface area (Å²) in [6, 6.07) is 3.48. The molecule has 22 heavy (non-hydrogen) atoms. The molecule has 0 aromatic heterocycles. The standard InChI is InChI=1S/C14H20N4O4/c1-20-9-4-8(5-10(21-2)11(9)22-3)6-14(19)7-17-13(16)18-12(14)15/h4-5,7,12,19H,6,15H2,1-3H3,(H2,16,18). The van der Waals surface area contributed by atoms with Gasteiger partial charge in [-0.3, -0.25) is 0 Å². The number of aliphatic imine (C=N–C) groups is 2. The minimum absolute atomic E-state index is 0.0436. The summed E-state index contributed by atoms with van der Waals surface area (Å²) in [5, 5.41) is 10.6. The smallest absolute Gasteiger partial charge is 0.216 e. The van der Waals surface area contributed by atoms with E-state index in [-0.39, 0.29) is 12.4 Å². The highest BCUT2D eigenvalue weighted by Gasteiger charge is 2.36. The zero-order chi connectivity index (χ0) is 16.3. The first-order chi connectivity index (χ1) is 10.4. The van der Waals surface area contributed by atoms with Crippen LogP contribution >= 0.6 is 0 Å². The van der Waals surface area contributed by atoms with Gasteiger partial charge in [-0.25, -0.2) is 9.98 Å². The molecule has 8 heteroatoms. The van der Waals surface area contributed by atoms with Crippen LogP contribution in [0, 0.1) is 0 Å². The van der Waals surface area contributed by atoms with Crippen LogP contribution in [0.25, 0.3) is 0 Å². The molecule has 1 aliphatic heterocycles. The molecule has 1 heterocycles. The fourth-order valence-electron chi connectivity index (χ4n) is 2.26. The van der Waals surface area contributed by atoms with Gasteiger partial charge >= 0.3 is 0 Å². The fraction of sp³-hybridized carbons (Fsp3) is 0.429. The molecule has 120 valence electrons. The number of methoxy groups -OCH3 is 3. The lowest BCUT2D eigenvalue weighted by Crippen LogP contribution is -2.53. The maximum absolute atomic E-state index is 10.6. The number of guanidine groups is 1. The van der Waals surface area contributed by atoms with Gasteiger partial charge in [0.05, 0.1) is 21.3 Å². The van der Waals surface area contributed by atoms with Gasteiger partial charge in [-0.1, -0.05) is 0 Å². The predicted octanol–water partition coefficient (Wildman–Crippen LogP) is -0.330. The predicted molar refractivity (Wildman–Crippen MR) is 82.8 cm³/mol. The average molecular weight is 308 g/mol. The zero-order valence-electron chi connectivity index (χ0n) is 12.7. The van der Waals surface area contributed by atoms with E-state index < -0.39 is 11.8 Å². The van der Waals surface area contributed by atoms with Gasteiger partial charge in [-0.2, -0.15) is 0 Å². The quantitative estimate of drug-likeness (QED) is 0.684. The van der Waals surface area contributed by atoms with Gasteiger partial charge in [0.1, 0.15) is 11.8 Å². The summed E-state index contributed by atoms with van der Waals surface area (Å²) >= 11 is 0. The van der Waals surface area contributed by atoms with Crippen molar-refractivity contribution in [1.29, 1.82) is 0 Å². The Morgan fingerprint density at radius 3 is 2.23 bits per heavy atom. The van der Waals surface area contributed by atoms with Gasteiger partial charge < -0.3 is 30.8 Å². The van der Waals surface area contributed by atoms with Crippen LogP contribution in [-0.4, -0.2) is 50.4 Å². The van der Waals surface area contributed by atoms with Crippen molar-refractivity contribution in [2.24, 2.45) is 21.5 Å². The third-order valence-electron chi connectivity index (χ3n) is 3.42. The Labute approximate surface area is 128 Å². The summed E-state index contributed by atoms with van der Waals surface area (Å²) in [6.07, 6.45) is 0.582. The lowest BCUT2D eigenvalue weighted by atomic mass is 9.92. The van der Waals surface area contributed by atoms with Gasteiger partial charge in [0.15, 0.2) is 11.5 Å². The molecule has 0 bridgehead atoms. The normalized spacial score (nSPS) is 23.9. The number of aliphatic hydroxyl groups is 1. The minimum Gasteiger partial charge on any atom is -0.493 e. The highest BCUT2D eigenvalue weighted by molar-refractivity contribution is 5.91. The number of rotatable bonds is 5. The highest BCUT2D eigenvalue weighted by atomic mass is 16.5. The molecule has 1 aliphatic rings. The molecule has 8 nitrogen and oxygen atoms in total. The van der Waals surface area contributed by atoms with Crippen LogP contribution in [0.5, 0.6) is 17.2 Å². The molecular formula is C14H20N4O4. The second-order valence-electron chi connectivity index (χ2n) is 4.89. The van der Waals surface area contributed by atoms with Crippen LogP contribution in [0.2, 0.25) is 0 Å². The van der Waals surface area contributed by atoms with Crippen molar-refractivity contribution in [3.8, 4) is 17.2 Å². The third-order valence-corrected chi connectivity index (χ3v) is 3.42. The van der Waals surface area contributed by atoms with E-state index in [0.29, 0.717) is 17.2 Å². The number of hydrogen-bond acceptors (Lipinski definition) is 8. The van der Waals surface area contributed by atoms with Gasteiger partial charge in [-0.05, 0) is 17.7 Å². The lowest BCUT2D eigenvalue weighted by Gasteiger charge is -2.30. The molecular weight excluding hydrogens is 288 g/mol. The van der Waals surface area contributed by atoms with Crippen LogP contribution in [0.1, 0.15) is 5.56 Å². The number of nitrogens with two attached hydrogens (primary N) is 2. The van der Waals surface area contributed by atoms with Crippen molar-refractivity contribution >= 4 is 12.2 Å². The maximum Gasteiger partial charge on any atom is 0.216 e. The summed E-state index contributed by atoms with van der Waals surface area (Å²) in [4.78, 5) is 7.72. The van der Waals surface area contributed by atoms with Crippen molar-refractivity contribution < 1.29 is 19.3 Å². The molecule has 1 aromatic carbocycles.